The molecule has 0 heterocycles. The molecular formula is C56H39Cl6N3O6. The summed E-state index contributed by atoms with van der Waals surface area (Å²) in [4.78, 5) is 40.4. The van der Waals surface area contributed by atoms with Gasteiger partial charge in [-0.3, -0.25) is 14.4 Å². The van der Waals surface area contributed by atoms with E-state index in [1.807, 2.05) is 42.5 Å². The van der Waals surface area contributed by atoms with Crippen LogP contribution in [0.1, 0.15) is 27.8 Å². The van der Waals surface area contributed by atoms with Crippen LogP contribution < -0.4 is 30.2 Å². The predicted octanol–water partition coefficient (Wildman–Crippen LogP) is 16.5. The largest absolute Gasteiger partial charge is 0.426 e. The molecule has 0 radical (unpaired) electrons. The Labute approximate surface area is 439 Å². The number of para-hydroxylation sites is 6. The van der Waals surface area contributed by atoms with Gasteiger partial charge < -0.3 is 30.2 Å². The van der Waals surface area contributed by atoms with Gasteiger partial charge in [-0.2, -0.15) is 0 Å². The highest BCUT2D eigenvalue weighted by atomic mass is 35.5. The highest BCUT2D eigenvalue weighted by Crippen LogP contribution is 2.37. The first kappa shape index (κ1) is 50.4. The second kappa shape index (κ2) is 23.8. The maximum atomic E-state index is 13.6. The lowest BCUT2D eigenvalue weighted by molar-refractivity contribution is -0.134. The van der Waals surface area contributed by atoms with E-state index in [1.165, 1.54) is 6.07 Å². The molecule has 0 aliphatic rings. The van der Waals surface area contributed by atoms with Crippen molar-refractivity contribution in [2.45, 2.75) is 19.3 Å². The molecule has 71 heavy (non-hydrogen) atoms. The Morgan fingerprint density at radius 1 is 0.352 bits per heavy atom. The molecule has 15 heteroatoms. The predicted molar refractivity (Wildman–Crippen MR) is 288 cm³/mol. The third-order valence-electron chi connectivity index (χ3n) is 10.7. The normalized spacial score (nSPS) is 11.0. The maximum absolute atomic E-state index is 13.6. The van der Waals surface area contributed by atoms with Gasteiger partial charge in [0.25, 0.3) is 0 Å². The Bertz CT molecular complexity index is 3100. The van der Waals surface area contributed by atoms with Crippen molar-refractivity contribution in [1.82, 2.24) is 0 Å². The minimum absolute atomic E-state index is 0.0254. The number of anilines is 6. The van der Waals surface area contributed by atoms with E-state index < -0.39 is 17.9 Å². The van der Waals surface area contributed by atoms with Crippen LogP contribution in [0.3, 0.4) is 0 Å². The molecule has 0 saturated heterocycles. The summed E-state index contributed by atoms with van der Waals surface area (Å²) < 4.78 is 17.5. The molecule has 3 N–H and O–H groups in total. The number of ether oxygens (including phenoxy) is 3. The van der Waals surface area contributed by atoms with Gasteiger partial charge >= 0.3 is 17.9 Å². The molecule has 0 atom stereocenters. The molecule has 0 fully saturated rings. The number of carbonyl (C=O) groups is 3. The number of benzene rings is 8. The summed E-state index contributed by atoms with van der Waals surface area (Å²) in [6, 6.07) is 48.9. The molecule has 0 bridgehead atoms. The fraction of sp³-hybridized carbons (Fsp3) is 0.0536. The Morgan fingerprint density at radius 2 is 0.662 bits per heavy atom. The van der Waals surface area contributed by atoms with Crippen LogP contribution in [0.25, 0.3) is 12.2 Å². The van der Waals surface area contributed by atoms with Crippen molar-refractivity contribution in [3.63, 3.8) is 0 Å². The zero-order valence-electron chi connectivity index (χ0n) is 37.2. The van der Waals surface area contributed by atoms with Gasteiger partial charge in [-0.25, -0.2) is 0 Å². The van der Waals surface area contributed by atoms with Gasteiger partial charge in [0.2, 0.25) is 0 Å². The van der Waals surface area contributed by atoms with E-state index in [2.05, 4.69) is 16.0 Å². The van der Waals surface area contributed by atoms with Crippen molar-refractivity contribution in [3.05, 3.63) is 228 Å². The highest BCUT2D eigenvalue weighted by molar-refractivity contribution is 6.40. The monoisotopic (exact) mass is 1060 g/mol. The number of carbonyl (C=O) groups excluding carboxylic acids is 3. The number of hydrogen-bond acceptors (Lipinski definition) is 9. The van der Waals surface area contributed by atoms with Crippen LogP contribution in [-0.2, 0) is 33.6 Å². The highest BCUT2D eigenvalue weighted by Gasteiger charge is 2.18. The number of rotatable bonds is 17. The van der Waals surface area contributed by atoms with Gasteiger partial charge in [0.15, 0.2) is 0 Å². The molecule has 0 aromatic heterocycles. The molecule has 0 saturated carbocycles. The molecule has 356 valence electrons. The number of esters is 3. The van der Waals surface area contributed by atoms with E-state index in [0.29, 0.717) is 92.3 Å². The summed E-state index contributed by atoms with van der Waals surface area (Å²) in [5.74, 6) is -1.05. The maximum Gasteiger partial charge on any atom is 0.315 e. The van der Waals surface area contributed by atoms with Gasteiger partial charge in [0, 0.05) is 23.1 Å². The molecule has 8 aromatic rings. The van der Waals surface area contributed by atoms with Crippen molar-refractivity contribution in [2.75, 3.05) is 16.0 Å². The lowest BCUT2D eigenvalue weighted by Crippen LogP contribution is -2.14. The zero-order chi connectivity index (χ0) is 49.9. The van der Waals surface area contributed by atoms with Gasteiger partial charge in [0.1, 0.15) is 17.2 Å². The Hall–Kier alpha value is -6.95. The van der Waals surface area contributed by atoms with Gasteiger partial charge in [0.05, 0.1) is 66.5 Å². The average Bonchev–Trinajstić information content (AvgIpc) is 3.34. The van der Waals surface area contributed by atoms with Crippen molar-refractivity contribution in [3.8, 4) is 17.2 Å². The standard InChI is InChI=1S/C56H39Cl6N3O6/c57-42-13-7-14-43(58)54(42)63-48-19-4-1-10-36(48)30-51(66)69-39-26-24-34(25-27-39)22-23-35-28-40(70-52(67)31-37-11-2-5-20-49(37)64-55-44(59)15-8-16-45(55)60)33-41(29-35)71-53(68)32-38-12-3-6-21-50(38)65-56-46(61)17-9-18-47(56)62/h1-29,33,63-65H,30-32H2. The van der Waals surface area contributed by atoms with E-state index in [9.17, 15) is 14.4 Å². The summed E-state index contributed by atoms with van der Waals surface area (Å²) in [5.41, 5.74) is 6.63. The summed E-state index contributed by atoms with van der Waals surface area (Å²) in [6.45, 7) is 0. The fourth-order valence-corrected chi connectivity index (χ4v) is 8.74. The molecule has 0 aliphatic carbocycles. The second-order valence-corrected chi connectivity index (χ2v) is 18.2. The molecule has 8 rings (SSSR count). The van der Waals surface area contributed by atoms with E-state index in [0.717, 1.165) is 5.56 Å². The molecular weight excluding hydrogens is 1020 g/mol. The third kappa shape index (κ3) is 13.7. The topological polar surface area (TPSA) is 115 Å². The van der Waals surface area contributed by atoms with Crippen LogP contribution in [0.4, 0.5) is 34.1 Å². The van der Waals surface area contributed by atoms with E-state index in [1.54, 1.807) is 133 Å². The summed E-state index contributed by atoms with van der Waals surface area (Å²) in [6.07, 6.45) is 3.30. The van der Waals surface area contributed by atoms with E-state index in [-0.39, 0.29) is 30.8 Å². The quantitative estimate of drug-likeness (QED) is 0.0466. The van der Waals surface area contributed by atoms with Gasteiger partial charge in [-0.15, -0.1) is 0 Å². The Kier molecular flexibility index (Phi) is 16.9. The van der Waals surface area contributed by atoms with Gasteiger partial charge in [-0.05, 0) is 107 Å². The van der Waals surface area contributed by atoms with Crippen LogP contribution in [0.2, 0.25) is 30.1 Å². The molecule has 0 unspecified atom stereocenters. The van der Waals surface area contributed by atoms with Crippen molar-refractivity contribution < 1.29 is 28.6 Å². The minimum atomic E-state index is -0.587. The van der Waals surface area contributed by atoms with Gasteiger partial charge in [-0.1, -0.05) is 167 Å². The van der Waals surface area contributed by atoms with Crippen LogP contribution in [0.5, 0.6) is 17.2 Å². The van der Waals surface area contributed by atoms with Crippen LogP contribution in [0, 0.1) is 0 Å². The average molecular weight is 1060 g/mol. The molecule has 8 aromatic carbocycles. The minimum Gasteiger partial charge on any atom is -0.426 e. The number of hydrogen-bond donors (Lipinski definition) is 3. The molecule has 9 nitrogen and oxygen atoms in total. The van der Waals surface area contributed by atoms with Crippen LogP contribution in [0.15, 0.2) is 170 Å². The summed E-state index contributed by atoms with van der Waals surface area (Å²) in [5, 5.41) is 12.2. The summed E-state index contributed by atoms with van der Waals surface area (Å²) in [7, 11) is 0. The first-order chi connectivity index (χ1) is 34.3. The van der Waals surface area contributed by atoms with Crippen LogP contribution in [-0.4, -0.2) is 17.9 Å². The SMILES string of the molecule is O=C(Cc1ccccc1Nc1c(Cl)cccc1Cl)Oc1ccc(C=Cc2cc(OC(=O)Cc3ccccc3Nc3c(Cl)cccc3Cl)cc(OC(=O)Cc3ccccc3Nc3c(Cl)cccc3Cl)c2)cc1. The lowest BCUT2D eigenvalue weighted by Gasteiger charge is -2.15. The van der Waals surface area contributed by atoms with Crippen molar-refractivity contribution >= 4 is 134 Å². The zero-order valence-corrected chi connectivity index (χ0v) is 41.7. The van der Waals surface area contributed by atoms with E-state index in [4.69, 9.17) is 83.8 Å². The fourth-order valence-electron chi connectivity index (χ4n) is 7.26. The first-order valence-electron chi connectivity index (χ1n) is 21.8. The van der Waals surface area contributed by atoms with E-state index >= 15 is 0 Å². The van der Waals surface area contributed by atoms with Crippen molar-refractivity contribution in [2.24, 2.45) is 0 Å². The third-order valence-corrected chi connectivity index (χ3v) is 12.6. The summed E-state index contributed by atoms with van der Waals surface area (Å²) >= 11 is 38.5. The number of halogens is 6. The van der Waals surface area contributed by atoms with Crippen LogP contribution >= 0.6 is 69.6 Å². The second-order valence-electron chi connectivity index (χ2n) is 15.7. The first-order valence-corrected chi connectivity index (χ1v) is 24.0. The molecule has 0 amide bonds. The van der Waals surface area contributed by atoms with Crippen molar-refractivity contribution in [1.29, 1.82) is 0 Å². The smallest absolute Gasteiger partial charge is 0.315 e. The number of nitrogens with one attached hydrogen (secondary N) is 3. The Morgan fingerprint density at radius 3 is 1.01 bits per heavy atom. The molecule has 0 spiro atoms. The molecule has 0 aliphatic heterocycles. The lowest BCUT2D eigenvalue weighted by atomic mass is 10.1. The Balaban J connectivity index is 0.986.